The first-order valence-electron chi connectivity index (χ1n) is 6.47. The van der Waals surface area contributed by atoms with E-state index >= 15 is 0 Å². The molecule has 1 rings (SSSR count). The maximum absolute atomic E-state index is 11.7. The fourth-order valence-corrected chi connectivity index (χ4v) is 1.42. The molecule has 3 heteroatoms. The summed E-state index contributed by atoms with van der Waals surface area (Å²) in [6.07, 6.45) is 0. The van der Waals surface area contributed by atoms with Gasteiger partial charge in [-0.2, -0.15) is 0 Å². The van der Waals surface area contributed by atoms with Crippen molar-refractivity contribution in [3.63, 3.8) is 0 Å². The molecule has 0 fully saturated rings. The van der Waals surface area contributed by atoms with E-state index in [1.165, 1.54) is 0 Å². The van der Waals surface area contributed by atoms with Crippen molar-refractivity contribution in [3.8, 4) is 5.75 Å². The number of ether oxygens (including phenoxy) is 1. The van der Waals surface area contributed by atoms with Gasteiger partial charge in [0.25, 0.3) is 5.91 Å². The molecule has 0 unspecified atom stereocenters. The Morgan fingerprint density at radius 3 is 2.39 bits per heavy atom. The van der Waals surface area contributed by atoms with Crippen molar-refractivity contribution in [2.45, 2.75) is 34.6 Å². The maximum atomic E-state index is 11.7. The smallest absolute Gasteiger partial charge is 0.251 e. The molecule has 0 heterocycles. The van der Waals surface area contributed by atoms with Gasteiger partial charge >= 0.3 is 0 Å². The van der Waals surface area contributed by atoms with Gasteiger partial charge in [0.1, 0.15) is 5.75 Å². The molecule has 1 amide bonds. The Hall–Kier alpha value is -1.51. The lowest BCUT2D eigenvalue weighted by atomic mass is 10.1. The number of hydrogen-bond donors (Lipinski definition) is 1. The van der Waals surface area contributed by atoms with Crippen molar-refractivity contribution >= 4 is 5.91 Å². The van der Waals surface area contributed by atoms with E-state index in [1.807, 2.05) is 32.9 Å². The molecule has 0 bridgehead atoms. The van der Waals surface area contributed by atoms with Gasteiger partial charge in [0, 0.05) is 12.1 Å². The summed E-state index contributed by atoms with van der Waals surface area (Å²) in [6, 6.07) is 5.44. The monoisotopic (exact) mass is 251 g/mol. The molecule has 0 radical (unpaired) electrons. The Kier molecular flexibility index (Phi) is 7.84. The highest BCUT2D eigenvalue weighted by Crippen LogP contribution is 2.18. The summed E-state index contributed by atoms with van der Waals surface area (Å²) in [4.78, 5) is 11.7. The van der Waals surface area contributed by atoms with E-state index in [1.54, 1.807) is 13.2 Å². The molecule has 0 spiro atoms. The van der Waals surface area contributed by atoms with E-state index in [9.17, 15) is 4.79 Å². The van der Waals surface area contributed by atoms with Gasteiger partial charge in [0.2, 0.25) is 0 Å². The number of amides is 1. The van der Waals surface area contributed by atoms with Crippen LogP contribution in [0.2, 0.25) is 0 Å². The summed E-state index contributed by atoms with van der Waals surface area (Å²) in [5, 5.41) is 2.88. The van der Waals surface area contributed by atoms with Crippen molar-refractivity contribution in [2.75, 3.05) is 13.7 Å². The van der Waals surface area contributed by atoms with Crippen LogP contribution in [0.1, 0.15) is 43.6 Å². The van der Waals surface area contributed by atoms with Crippen LogP contribution in [0.5, 0.6) is 5.75 Å². The molecule has 0 atom stereocenters. The van der Waals surface area contributed by atoms with E-state index in [-0.39, 0.29) is 5.91 Å². The Morgan fingerprint density at radius 2 is 1.94 bits per heavy atom. The second-order valence-electron chi connectivity index (χ2n) is 4.29. The highest BCUT2D eigenvalue weighted by atomic mass is 16.5. The lowest BCUT2D eigenvalue weighted by Gasteiger charge is -2.09. The van der Waals surface area contributed by atoms with Crippen LogP contribution in [0.3, 0.4) is 0 Å². The third-order valence-electron chi connectivity index (χ3n) is 2.33. The first-order chi connectivity index (χ1) is 8.54. The van der Waals surface area contributed by atoms with Crippen LogP contribution in [-0.4, -0.2) is 19.6 Å². The van der Waals surface area contributed by atoms with Crippen LogP contribution in [0.15, 0.2) is 18.2 Å². The van der Waals surface area contributed by atoms with E-state index in [4.69, 9.17) is 4.74 Å². The summed E-state index contributed by atoms with van der Waals surface area (Å²) in [6.45, 7) is 10.8. The molecule has 18 heavy (non-hydrogen) atoms. The minimum absolute atomic E-state index is 0.0283. The molecule has 0 saturated carbocycles. The normalized spacial score (nSPS) is 9.50. The average Bonchev–Trinajstić information content (AvgIpc) is 2.38. The van der Waals surface area contributed by atoms with Crippen molar-refractivity contribution in [1.82, 2.24) is 5.32 Å². The van der Waals surface area contributed by atoms with Crippen molar-refractivity contribution < 1.29 is 9.53 Å². The van der Waals surface area contributed by atoms with Gasteiger partial charge < -0.3 is 10.1 Å². The topological polar surface area (TPSA) is 38.3 Å². The number of carbonyl (C=O) groups excluding carboxylic acids is 1. The predicted molar refractivity (Wildman–Crippen MR) is 76.3 cm³/mol. The quantitative estimate of drug-likeness (QED) is 0.890. The van der Waals surface area contributed by atoms with Gasteiger partial charge in [-0.3, -0.25) is 4.79 Å². The van der Waals surface area contributed by atoms with Gasteiger partial charge in [-0.15, -0.1) is 0 Å². The molecule has 0 aliphatic carbocycles. The molecule has 1 N–H and O–H groups in total. The van der Waals surface area contributed by atoms with Crippen LogP contribution in [0.4, 0.5) is 0 Å². The number of hydrogen-bond acceptors (Lipinski definition) is 2. The number of carbonyl (C=O) groups is 1. The Morgan fingerprint density at radius 1 is 1.33 bits per heavy atom. The second-order valence-corrected chi connectivity index (χ2v) is 4.29. The van der Waals surface area contributed by atoms with E-state index in [2.05, 4.69) is 19.2 Å². The van der Waals surface area contributed by atoms with Crippen molar-refractivity contribution in [1.29, 1.82) is 0 Å². The van der Waals surface area contributed by atoms with E-state index < -0.39 is 0 Å². The van der Waals surface area contributed by atoms with Gasteiger partial charge in [-0.1, -0.05) is 27.7 Å². The van der Waals surface area contributed by atoms with Crippen LogP contribution in [0, 0.1) is 12.8 Å². The van der Waals surface area contributed by atoms with Gasteiger partial charge in [0.05, 0.1) is 7.11 Å². The van der Waals surface area contributed by atoms with E-state index in [0.717, 1.165) is 11.3 Å². The number of methoxy groups -OCH3 is 1. The average molecular weight is 251 g/mol. The molecule has 0 saturated heterocycles. The molecule has 0 aliphatic rings. The van der Waals surface area contributed by atoms with E-state index in [0.29, 0.717) is 18.0 Å². The number of rotatable bonds is 4. The second kappa shape index (κ2) is 8.56. The molecule has 3 nitrogen and oxygen atoms in total. The molecule has 1 aromatic rings. The van der Waals surface area contributed by atoms with Gasteiger partial charge in [-0.05, 0) is 36.6 Å². The zero-order chi connectivity index (χ0) is 14.1. The summed E-state index contributed by atoms with van der Waals surface area (Å²) in [5.41, 5.74) is 1.65. The van der Waals surface area contributed by atoms with Crippen LogP contribution >= 0.6 is 0 Å². The number of benzene rings is 1. The standard InChI is InChI=1S/C13H19NO2.C2H6/c1-9(2)8-14-13(15)11-5-6-12(16-4)10(3)7-11;1-2/h5-7,9H,8H2,1-4H3,(H,14,15);1-2H3. The summed E-state index contributed by atoms with van der Waals surface area (Å²) < 4.78 is 5.15. The molecule has 102 valence electrons. The third kappa shape index (κ3) is 5.21. The molecule has 0 aromatic heterocycles. The third-order valence-corrected chi connectivity index (χ3v) is 2.33. The zero-order valence-electron chi connectivity index (χ0n) is 12.3. The number of nitrogens with one attached hydrogen (secondary N) is 1. The SMILES string of the molecule is CC.COc1ccc(C(=O)NCC(C)C)cc1C. The van der Waals surface area contributed by atoms with Crippen LogP contribution in [0.25, 0.3) is 0 Å². The maximum Gasteiger partial charge on any atom is 0.251 e. The summed E-state index contributed by atoms with van der Waals surface area (Å²) >= 11 is 0. The zero-order valence-corrected chi connectivity index (χ0v) is 12.3. The van der Waals surface area contributed by atoms with Crippen LogP contribution in [-0.2, 0) is 0 Å². The lowest BCUT2D eigenvalue weighted by molar-refractivity contribution is 0.0949. The Bertz CT molecular complexity index is 373. The minimum atomic E-state index is -0.0283. The highest BCUT2D eigenvalue weighted by molar-refractivity contribution is 5.94. The first-order valence-corrected chi connectivity index (χ1v) is 6.47. The fourth-order valence-electron chi connectivity index (χ4n) is 1.42. The van der Waals surface area contributed by atoms with Gasteiger partial charge in [0.15, 0.2) is 0 Å². The van der Waals surface area contributed by atoms with Crippen LogP contribution < -0.4 is 10.1 Å². The Labute approximate surface area is 111 Å². The first kappa shape index (κ1) is 16.5. The largest absolute Gasteiger partial charge is 0.496 e. The predicted octanol–water partition coefficient (Wildman–Crippen LogP) is 3.42. The molecule has 0 aliphatic heterocycles. The lowest BCUT2D eigenvalue weighted by Crippen LogP contribution is -2.27. The molecular weight excluding hydrogens is 226 g/mol. The number of aryl methyl sites for hydroxylation is 1. The molecular formula is C15H25NO2. The summed E-state index contributed by atoms with van der Waals surface area (Å²) in [5.74, 6) is 1.24. The fraction of sp³-hybridized carbons (Fsp3) is 0.533. The summed E-state index contributed by atoms with van der Waals surface area (Å²) in [7, 11) is 1.63. The Balaban J connectivity index is 0.00000137. The van der Waals surface area contributed by atoms with Crippen molar-refractivity contribution in [2.24, 2.45) is 5.92 Å². The van der Waals surface area contributed by atoms with Crippen molar-refractivity contribution in [3.05, 3.63) is 29.3 Å². The highest BCUT2D eigenvalue weighted by Gasteiger charge is 2.07. The minimum Gasteiger partial charge on any atom is -0.496 e. The van der Waals surface area contributed by atoms with Gasteiger partial charge in [-0.25, -0.2) is 0 Å². The molecule has 1 aromatic carbocycles.